The zero-order chi connectivity index (χ0) is 16.2. The third-order valence-electron chi connectivity index (χ3n) is 3.05. The maximum absolute atomic E-state index is 12.6. The molecule has 0 heterocycles. The van der Waals surface area contributed by atoms with Crippen molar-refractivity contribution in [3.8, 4) is 0 Å². The summed E-state index contributed by atoms with van der Waals surface area (Å²) in [6.45, 7) is 0.0419. The summed E-state index contributed by atoms with van der Waals surface area (Å²) in [6.07, 6.45) is -4.43. The molecule has 0 aromatic heterocycles. The number of carbonyl (C=O) groups is 1. The number of benzene rings is 2. The molecule has 2 aromatic carbocycles. The number of carbonyl (C=O) groups excluding carboxylic acids is 1. The Balaban J connectivity index is 2.01. The molecule has 1 amide bonds. The van der Waals surface area contributed by atoms with Crippen LogP contribution in [0.5, 0.6) is 0 Å². The summed E-state index contributed by atoms with van der Waals surface area (Å²) >= 11 is 0. The lowest BCUT2D eigenvalue weighted by atomic mass is 10.2. The summed E-state index contributed by atoms with van der Waals surface area (Å²) in [5, 5.41) is 2.47. The highest BCUT2D eigenvalue weighted by Crippen LogP contribution is 2.30. The number of para-hydroxylation sites is 1. The van der Waals surface area contributed by atoms with Crippen molar-refractivity contribution >= 4 is 17.3 Å². The van der Waals surface area contributed by atoms with Crippen LogP contribution in [0.2, 0.25) is 0 Å². The fraction of sp³-hybridized carbons (Fsp3) is 0.188. The minimum atomic E-state index is -4.43. The molecule has 0 radical (unpaired) electrons. The van der Waals surface area contributed by atoms with E-state index in [2.05, 4.69) is 5.32 Å². The van der Waals surface area contributed by atoms with Crippen LogP contribution in [0.4, 0.5) is 24.5 Å². The fourth-order valence-corrected chi connectivity index (χ4v) is 1.96. The lowest BCUT2D eigenvalue weighted by molar-refractivity contribution is -0.137. The third-order valence-corrected chi connectivity index (χ3v) is 3.05. The van der Waals surface area contributed by atoms with Crippen LogP contribution in [0.15, 0.2) is 54.6 Å². The lowest BCUT2D eigenvalue weighted by Crippen LogP contribution is -2.30. The molecule has 2 aromatic rings. The Morgan fingerprint density at radius 2 is 1.77 bits per heavy atom. The van der Waals surface area contributed by atoms with Crippen LogP contribution in [0, 0.1) is 0 Å². The molecule has 0 aliphatic rings. The first kappa shape index (κ1) is 15.9. The number of halogens is 3. The summed E-state index contributed by atoms with van der Waals surface area (Å²) in [4.78, 5) is 13.6. The van der Waals surface area contributed by atoms with Gasteiger partial charge in [-0.2, -0.15) is 13.2 Å². The molecule has 22 heavy (non-hydrogen) atoms. The highest BCUT2D eigenvalue weighted by molar-refractivity contribution is 5.94. The summed E-state index contributed by atoms with van der Waals surface area (Å²) < 4.78 is 37.8. The van der Waals surface area contributed by atoms with Crippen LogP contribution in [0.25, 0.3) is 0 Å². The van der Waals surface area contributed by atoms with Crippen molar-refractivity contribution < 1.29 is 18.0 Å². The van der Waals surface area contributed by atoms with E-state index >= 15 is 0 Å². The van der Waals surface area contributed by atoms with Gasteiger partial charge in [-0.1, -0.05) is 24.3 Å². The number of anilines is 2. The molecule has 0 aliphatic heterocycles. The van der Waals surface area contributed by atoms with E-state index in [0.717, 1.165) is 17.8 Å². The van der Waals surface area contributed by atoms with Crippen LogP contribution in [0.3, 0.4) is 0 Å². The number of nitrogens with one attached hydrogen (secondary N) is 1. The average molecular weight is 308 g/mol. The van der Waals surface area contributed by atoms with E-state index in [1.54, 1.807) is 11.9 Å². The van der Waals surface area contributed by atoms with Crippen molar-refractivity contribution in [2.75, 3.05) is 23.8 Å². The van der Waals surface area contributed by atoms with Gasteiger partial charge in [0.2, 0.25) is 5.91 Å². The summed E-state index contributed by atoms with van der Waals surface area (Å²) in [5.74, 6) is -0.384. The Labute approximate surface area is 126 Å². The van der Waals surface area contributed by atoms with Gasteiger partial charge in [0.05, 0.1) is 12.1 Å². The second-order valence-corrected chi connectivity index (χ2v) is 4.82. The molecule has 0 atom stereocenters. The number of nitrogens with zero attached hydrogens (tertiary/aromatic N) is 1. The van der Waals surface area contributed by atoms with Gasteiger partial charge in [0.1, 0.15) is 0 Å². The molecular weight excluding hydrogens is 293 g/mol. The van der Waals surface area contributed by atoms with Gasteiger partial charge in [-0.15, -0.1) is 0 Å². The summed E-state index contributed by atoms with van der Waals surface area (Å²) in [7, 11) is 1.74. The molecule has 2 rings (SSSR count). The maximum Gasteiger partial charge on any atom is 0.416 e. The minimum Gasteiger partial charge on any atom is -0.365 e. The fourth-order valence-electron chi connectivity index (χ4n) is 1.96. The number of likely N-dealkylation sites (N-methyl/N-ethyl adjacent to an activating group) is 1. The Hall–Kier alpha value is -2.50. The Bertz CT molecular complexity index is 641. The van der Waals surface area contributed by atoms with E-state index in [-0.39, 0.29) is 18.1 Å². The molecule has 1 N–H and O–H groups in total. The van der Waals surface area contributed by atoms with Crippen LogP contribution in [0.1, 0.15) is 5.56 Å². The number of amides is 1. The monoisotopic (exact) mass is 308 g/mol. The van der Waals surface area contributed by atoms with E-state index in [0.29, 0.717) is 0 Å². The van der Waals surface area contributed by atoms with Crippen LogP contribution in [-0.2, 0) is 11.0 Å². The second kappa shape index (κ2) is 6.51. The normalized spacial score (nSPS) is 11.1. The molecule has 0 bridgehead atoms. The Kier molecular flexibility index (Phi) is 4.70. The van der Waals surface area contributed by atoms with Crippen LogP contribution >= 0.6 is 0 Å². The highest BCUT2D eigenvalue weighted by Gasteiger charge is 2.30. The summed E-state index contributed by atoms with van der Waals surface area (Å²) in [6, 6.07) is 13.8. The van der Waals surface area contributed by atoms with E-state index in [1.807, 2.05) is 30.3 Å². The molecule has 3 nitrogen and oxygen atoms in total. The zero-order valence-electron chi connectivity index (χ0n) is 11.9. The van der Waals surface area contributed by atoms with Crippen molar-refractivity contribution in [1.29, 1.82) is 0 Å². The predicted octanol–water partition coefficient (Wildman–Crippen LogP) is 3.78. The number of rotatable bonds is 4. The van der Waals surface area contributed by atoms with Gasteiger partial charge >= 0.3 is 6.18 Å². The molecule has 0 aliphatic carbocycles. The highest BCUT2D eigenvalue weighted by atomic mass is 19.4. The van der Waals surface area contributed by atoms with Crippen molar-refractivity contribution in [3.63, 3.8) is 0 Å². The second-order valence-electron chi connectivity index (χ2n) is 4.82. The Morgan fingerprint density at radius 3 is 2.41 bits per heavy atom. The quantitative estimate of drug-likeness (QED) is 0.932. The van der Waals surface area contributed by atoms with Crippen LogP contribution in [-0.4, -0.2) is 19.5 Å². The van der Waals surface area contributed by atoms with Crippen molar-refractivity contribution in [2.45, 2.75) is 6.18 Å². The van der Waals surface area contributed by atoms with E-state index in [1.165, 1.54) is 12.1 Å². The van der Waals surface area contributed by atoms with E-state index < -0.39 is 11.7 Å². The van der Waals surface area contributed by atoms with Gasteiger partial charge in [-0.25, -0.2) is 0 Å². The zero-order valence-corrected chi connectivity index (χ0v) is 11.9. The number of alkyl halides is 3. The molecule has 116 valence electrons. The van der Waals surface area contributed by atoms with Gasteiger partial charge in [-0.3, -0.25) is 4.79 Å². The first-order valence-corrected chi connectivity index (χ1v) is 6.59. The maximum atomic E-state index is 12.6. The van der Waals surface area contributed by atoms with E-state index in [9.17, 15) is 18.0 Å². The van der Waals surface area contributed by atoms with Crippen molar-refractivity contribution in [3.05, 3.63) is 60.2 Å². The topological polar surface area (TPSA) is 32.3 Å². The standard InChI is InChI=1S/C16H15F3N2O/c1-21(14-8-3-2-4-9-14)11-15(22)20-13-7-5-6-12(10-13)16(17,18)19/h2-10H,11H2,1H3,(H,20,22). The first-order valence-electron chi connectivity index (χ1n) is 6.59. The van der Waals surface area contributed by atoms with Crippen molar-refractivity contribution in [2.24, 2.45) is 0 Å². The molecule has 0 saturated carbocycles. The lowest BCUT2D eigenvalue weighted by Gasteiger charge is -2.18. The smallest absolute Gasteiger partial charge is 0.365 e. The summed E-state index contributed by atoms with van der Waals surface area (Å²) in [5.41, 5.74) is 0.185. The molecule has 0 spiro atoms. The molecule has 6 heteroatoms. The minimum absolute atomic E-state index is 0.0419. The number of hydrogen-bond acceptors (Lipinski definition) is 2. The number of hydrogen-bond donors (Lipinski definition) is 1. The Morgan fingerprint density at radius 1 is 1.09 bits per heavy atom. The molecule has 0 saturated heterocycles. The van der Waals surface area contributed by atoms with E-state index in [4.69, 9.17) is 0 Å². The predicted molar refractivity (Wildman–Crippen MR) is 79.8 cm³/mol. The molecule has 0 fully saturated rings. The largest absolute Gasteiger partial charge is 0.416 e. The van der Waals surface area contributed by atoms with Crippen LogP contribution < -0.4 is 10.2 Å². The van der Waals surface area contributed by atoms with Gasteiger partial charge in [0.25, 0.3) is 0 Å². The van der Waals surface area contributed by atoms with Crippen molar-refractivity contribution in [1.82, 2.24) is 0 Å². The van der Waals surface area contributed by atoms with Gasteiger partial charge in [0.15, 0.2) is 0 Å². The van der Waals surface area contributed by atoms with Gasteiger partial charge in [0, 0.05) is 18.4 Å². The van der Waals surface area contributed by atoms with Gasteiger partial charge < -0.3 is 10.2 Å². The first-order chi connectivity index (χ1) is 10.4. The molecule has 0 unspecified atom stereocenters. The average Bonchev–Trinajstić information content (AvgIpc) is 2.47. The third kappa shape index (κ3) is 4.25. The SMILES string of the molecule is CN(CC(=O)Nc1cccc(C(F)(F)F)c1)c1ccccc1. The van der Waals surface area contributed by atoms with Gasteiger partial charge in [-0.05, 0) is 30.3 Å². The molecular formula is C16H15F3N2O.